The van der Waals surface area contributed by atoms with Crippen LogP contribution in [-0.2, 0) is 6.42 Å². The zero-order valence-electron chi connectivity index (χ0n) is 17.4. The number of oxazole rings is 1. The quantitative estimate of drug-likeness (QED) is 0.479. The Morgan fingerprint density at radius 2 is 2.03 bits per heavy atom. The number of hydrogen-bond donors (Lipinski definition) is 0. The summed E-state index contributed by atoms with van der Waals surface area (Å²) in [5.74, 6) is 1.93. The van der Waals surface area contributed by atoms with Crippen molar-refractivity contribution < 1.29 is 18.7 Å². The molecule has 0 radical (unpaired) electrons. The largest absolute Gasteiger partial charge is 0.493 e. The molecule has 0 saturated heterocycles. The molecule has 1 aliphatic rings. The second kappa shape index (κ2) is 9.11. The number of carbonyl (C=O) groups excluding carboxylic acids is 1. The van der Waals surface area contributed by atoms with Gasteiger partial charge >= 0.3 is 0 Å². The lowest BCUT2D eigenvalue weighted by atomic mass is 10.1. The van der Waals surface area contributed by atoms with Gasteiger partial charge in [-0.15, -0.1) is 0 Å². The van der Waals surface area contributed by atoms with E-state index in [2.05, 4.69) is 9.97 Å². The van der Waals surface area contributed by atoms with Crippen LogP contribution in [0.2, 0.25) is 0 Å². The van der Waals surface area contributed by atoms with Gasteiger partial charge in [-0.2, -0.15) is 0 Å². The number of ketones is 1. The molecule has 1 saturated carbocycles. The van der Waals surface area contributed by atoms with Crippen molar-refractivity contribution >= 4 is 5.78 Å². The first-order chi connectivity index (χ1) is 14.6. The fourth-order valence-corrected chi connectivity index (χ4v) is 3.78. The summed E-state index contributed by atoms with van der Waals surface area (Å²) in [4.78, 5) is 21.2. The van der Waals surface area contributed by atoms with Crippen LogP contribution < -0.4 is 9.47 Å². The fraction of sp³-hybridized carbons (Fsp3) is 0.375. The molecule has 1 aliphatic carbocycles. The molecule has 156 valence electrons. The van der Waals surface area contributed by atoms with Gasteiger partial charge in [0.25, 0.3) is 0 Å². The number of aromatic nitrogens is 2. The third-order valence-corrected chi connectivity index (χ3v) is 5.44. The lowest BCUT2D eigenvalue weighted by Gasteiger charge is -2.16. The van der Waals surface area contributed by atoms with E-state index in [4.69, 9.17) is 13.9 Å². The Labute approximate surface area is 176 Å². The number of nitrogens with zero attached hydrogens (tertiary/aromatic N) is 2. The molecule has 1 fully saturated rings. The monoisotopic (exact) mass is 406 g/mol. The molecule has 30 heavy (non-hydrogen) atoms. The van der Waals surface area contributed by atoms with E-state index < -0.39 is 0 Å². The van der Waals surface area contributed by atoms with Gasteiger partial charge in [0.2, 0.25) is 5.89 Å². The first kappa shape index (κ1) is 20.1. The van der Waals surface area contributed by atoms with Gasteiger partial charge in [0.05, 0.1) is 18.9 Å². The SMILES string of the molecule is COc1ccc(-c2nc(CCC(=O)c3ncccc3C)co2)cc1OC1CCCC1. The van der Waals surface area contributed by atoms with Gasteiger partial charge in [-0.3, -0.25) is 9.78 Å². The van der Waals surface area contributed by atoms with Crippen LogP contribution in [0.4, 0.5) is 0 Å². The highest BCUT2D eigenvalue weighted by atomic mass is 16.5. The minimum atomic E-state index is 0.00865. The molecule has 0 unspecified atom stereocenters. The normalized spacial score (nSPS) is 14.1. The van der Waals surface area contributed by atoms with Gasteiger partial charge in [0, 0.05) is 24.6 Å². The standard InChI is InChI=1S/C24H26N2O4/c1-16-6-5-13-25-23(16)20(27)11-10-18-15-29-24(26-18)17-9-12-21(28-2)22(14-17)30-19-7-3-4-8-19/h5-6,9,12-15,19H,3-4,7-8,10-11H2,1-2H3. The van der Waals surface area contributed by atoms with Gasteiger partial charge in [0.1, 0.15) is 12.0 Å². The summed E-state index contributed by atoms with van der Waals surface area (Å²) in [6, 6.07) is 9.41. The Hall–Kier alpha value is -3.15. The Morgan fingerprint density at radius 3 is 2.80 bits per heavy atom. The molecular weight excluding hydrogens is 380 g/mol. The summed E-state index contributed by atoms with van der Waals surface area (Å²) in [5, 5.41) is 0. The molecule has 0 atom stereocenters. The van der Waals surface area contributed by atoms with Crippen molar-refractivity contribution in [1.82, 2.24) is 9.97 Å². The molecule has 6 heteroatoms. The van der Waals surface area contributed by atoms with Crippen LogP contribution >= 0.6 is 0 Å². The Balaban J connectivity index is 1.45. The molecular formula is C24H26N2O4. The minimum absolute atomic E-state index is 0.00865. The van der Waals surface area contributed by atoms with E-state index in [1.54, 1.807) is 19.6 Å². The van der Waals surface area contributed by atoms with Gasteiger partial charge in [-0.25, -0.2) is 4.98 Å². The molecule has 0 bridgehead atoms. The van der Waals surface area contributed by atoms with E-state index in [0.717, 1.165) is 29.7 Å². The third-order valence-electron chi connectivity index (χ3n) is 5.44. The number of ether oxygens (including phenoxy) is 2. The van der Waals surface area contributed by atoms with Crippen LogP contribution in [0.1, 0.15) is 53.8 Å². The van der Waals surface area contributed by atoms with E-state index in [-0.39, 0.29) is 11.9 Å². The number of aryl methyl sites for hydroxylation is 2. The average Bonchev–Trinajstić information content (AvgIpc) is 3.44. The van der Waals surface area contributed by atoms with Gasteiger partial charge in [0.15, 0.2) is 17.3 Å². The van der Waals surface area contributed by atoms with Crippen molar-refractivity contribution in [1.29, 1.82) is 0 Å². The maximum absolute atomic E-state index is 12.4. The highest BCUT2D eigenvalue weighted by molar-refractivity contribution is 5.95. The Bertz CT molecular complexity index is 1020. The van der Waals surface area contributed by atoms with Crippen LogP contribution in [0.25, 0.3) is 11.5 Å². The molecule has 2 heterocycles. The highest BCUT2D eigenvalue weighted by Crippen LogP contribution is 2.35. The van der Waals surface area contributed by atoms with E-state index in [1.807, 2.05) is 37.3 Å². The van der Waals surface area contributed by atoms with Crippen molar-refractivity contribution in [2.75, 3.05) is 7.11 Å². The first-order valence-electron chi connectivity index (χ1n) is 10.4. The van der Waals surface area contributed by atoms with E-state index in [0.29, 0.717) is 35.9 Å². The van der Waals surface area contributed by atoms with Crippen molar-refractivity contribution in [2.24, 2.45) is 0 Å². The summed E-state index contributed by atoms with van der Waals surface area (Å²) in [6.07, 6.45) is 8.86. The molecule has 0 spiro atoms. The maximum atomic E-state index is 12.4. The number of hydrogen-bond acceptors (Lipinski definition) is 6. The Kier molecular flexibility index (Phi) is 6.12. The number of methoxy groups -OCH3 is 1. The molecule has 6 nitrogen and oxygen atoms in total. The zero-order chi connectivity index (χ0) is 20.9. The van der Waals surface area contributed by atoms with Crippen LogP contribution in [0.15, 0.2) is 47.2 Å². The fourth-order valence-electron chi connectivity index (χ4n) is 3.78. The molecule has 3 aromatic rings. The molecule has 4 rings (SSSR count). The number of Topliss-reactive ketones (excluding diaryl/α,β-unsaturated/α-hetero) is 1. The van der Waals surface area contributed by atoms with Gasteiger partial charge < -0.3 is 13.9 Å². The Morgan fingerprint density at radius 1 is 1.20 bits per heavy atom. The van der Waals surface area contributed by atoms with Crippen LogP contribution in [0, 0.1) is 6.92 Å². The van der Waals surface area contributed by atoms with Gasteiger partial charge in [-0.1, -0.05) is 6.07 Å². The summed E-state index contributed by atoms with van der Waals surface area (Å²) in [7, 11) is 1.64. The van der Waals surface area contributed by atoms with E-state index in [9.17, 15) is 4.79 Å². The smallest absolute Gasteiger partial charge is 0.226 e. The van der Waals surface area contributed by atoms with Crippen molar-refractivity contribution in [3.8, 4) is 23.0 Å². The van der Waals surface area contributed by atoms with E-state index in [1.165, 1.54) is 12.8 Å². The second-order valence-corrected chi connectivity index (χ2v) is 7.63. The molecule has 2 aromatic heterocycles. The minimum Gasteiger partial charge on any atom is -0.493 e. The second-order valence-electron chi connectivity index (χ2n) is 7.63. The molecule has 1 aromatic carbocycles. The average molecular weight is 406 g/mol. The number of rotatable bonds is 8. The van der Waals surface area contributed by atoms with Crippen molar-refractivity contribution in [3.05, 3.63) is 59.7 Å². The lowest BCUT2D eigenvalue weighted by molar-refractivity contribution is 0.0977. The first-order valence-corrected chi connectivity index (χ1v) is 10.4. The lowest BCUT2D eigenvalue weighted by Crippen LogP contribution is -2.11. The molecule has 0 amide bonds. The summed E-state index contributed by atoms with van der Waals surface area (Å²) < 4.78 is 17.3. The topological polar surface area (TPSA) is 74.5 Å². The van der Waals surface area contributed by atoms with Gasteiger partial charge in [-0.05, 0) is 62.4 Å². The highest BCUT2D eigenvalue weighted by Gasteiger charge is 2.20. The summed E-state index contributed by atoms with van der Waals surface area (Å²) in [6.45, 7) is 1.89. The predicted octanol–water partition coefficient (Wildman–Crippen LogP) is 5.19. The van der Waals surface area contributed by atoms with Crippen molar-refractivity contribution in [3.63, 3.8) is 0 Å². The summed E-state index contributed by atoms with van der Waals surface area (Å²) >= 11 is 0. The maximum Gasteiger partial charge on any atom is 0.226 e. The van der Waals surface area contributed by atoms with Crippen LogP contribution in [0.5, 0.6) is 11.5 Å². The summed E-state index contributed by atoms with van der Waals surface area (Å²) in [5.41, 5.74) is 2.96. The number of carbonyl (C=O) groups is 1. The number of benzene rings is 1. The van der Waals surface area contributed by atoms with Crippen molar-refractivity contribution in [2.45, 2.75) is 51.6 Å². The number of pyridine rings is 1. The predicted molar refractivity (Wildman–Crippen MR) is 113 cm³/mol. The van der Waals surface area contributed by atoms with Crippen LogP contribution in [0.3, 0.4) is 0 Å². The molecule has 0 aliphatic heterocycles. The third kappa shape index (κ3) is 4.53. The zero-order valence-corrected chi connectivity index (χ0v) is 17.4. The van der Waals surface area contributed by atoms with E-state index >= 15 is 0 Å². The molecule has 0 N–H and O–H groups in total. The van der Waals surface area contributed by atoms with Crippen LogP contribution in [-0.4, -0.2) is 29.0 Å².